The highest BCUT2D eigenvalue weighted by atomic mass is 19.1. The van der Waals surface area contributed by atoms with Crippen molar-refractivity contribution in [3.63, 3.8) is 0 Å². The van der Waals surface area contributed by atoms with Gasteiger partial charge in [-0.25, -0.2) is 4.39 Å². The van der Waals surface area contributed by atoms with Crippen LogP contribution in [0.4, 0.5) is 10.1 Å². The van der Waals surface area contributed by atoms with Crippen molar-refractivity contribution in [2.24, 2.45) is 5.18 Å². The molecule has 0 saturated heterocycles. The Hall–Kier alpha value is -1.53. The molecule has 1 aromatic carbocycles. The highest BCUT2D eigenvalue weighted by molar-refractivity contribution is 5.51. The topological polar surface area (TPSA) is 59.9 Å². The first-order valence-electron chi connectivity index (χ1n) is 4.16. The van der Waals surface area contributed by atoms with Crippen LogP contribution in [0.5, 0.6) is 0 Å². The van der Waals surface area contributed by atoms with Gasteiger partial charge in [-0.3, -0.25) is 10.3 Å². The molecule has 0 fully saturated rings. The summed E-state index contributed by atoms with van der Waals surface area (Å²) in [6.07, 6.45) is -0.983. The van der Waals surface area contributed by atoms with E-state index in [1.807, 2.05) is 0 Å². The molecular weight excluding hydrogens is 203 g/mol. The highest BCUT2D eigenvalue weighted by Gasteiger charge is 2.15. The van der Waals surface area contributed by atoms with Gasteiger partial charge in [-0.05, 0) is 23.4 Å². The van der Waals surface area contributed by atoms with Crippen molar-refractivity contribution in [1.29, 1.82) is 0 Å². The summed E-state index contributed by atoms with van der Waals surface area (Å²) in [7, 11) is 2.72. The minimum absolute atomic E-state index is 0.309. The molecule has 0 amide bonds. The van der Waals surface area contributed by atoms with Crippen LogP contribution in [0.2, 0.25) is 0 Å². The summed E-state index contributed by atoms with van der Waals surface area (Å²) in [4.78, 5) is 15.1. The zero-order valence-electron chi connectivity index (χ0n) is 8.36. The van der Waals surface area contributed by atoms with Gasteiger partial charge in [-0.1, -0.05) is 0 Å². The number of methoxy groups -OCH3 is 1. The molecule has 1 unspecified atom stereocenters. The molecule has 0 bridgehead atoms. The smallest absolute Gasteiger partial charge is 0.217 e. The standard InChI is InChI=1S/C9H11FN2O3/c1-14-9(11-13)7-4-3-6(10)5-8(7)12-15-2/h3-5,9,12H,1-2H3. The summed E-state index contributed by atoms with van der Waals surface area (Å²) in [5.41, 5.74) is 3.17. The van der Waals surface area contributed by atoms with E-state index >= 15 is 0 Å². The van der Waals surface area contributed by atoms with Crippen molar-refractivity contribution >= 4 is 5.69 Å². The average molecular weight is 214 g/mol. The largest absolute Gasteiger partial charge is 0.353 e. The second-order valence-corrected chi connectivity index (χ2v) is 2.73. The highest BCUT2D eigenvalue weighted by Crippen LogP contribution is 2.26. The molecule has 1 rings (SSSR count). The molecule has 1 aromatic rings. The van der Waals surface area contributed by atoms with E-state index in [0.717, 1.165) is 0 Å². The Morgan fingerprint density at radius 2 is 2.20 bits per heavy atom. The van der Waals surface area contributed by atoms with Gasteiger partial charge in [0.1, 0.15) is 5.82 Å². The van der Waals surface area contributed by atoms with E-state index in [2.05, 4.69) is 15.5 Å². The Kier molecular flexibility index (Phi) is 4.14. The second-order valence-electron chi connectivity index (χ2n) is 2.73. The molecule has 1 N–H and O–H groups in total. The van der Waals surface area contributed by atoms with Gasteiger partial charge < -0.3 is 4.74 Å². The second kappa shape index (κ2) is 5.38. The van der Waals surface area contributed by atoms with Gasteiger partial charge in [0.25, 0.3) is 0 Å². The number of nitrogens with zero attached hydrogens (tertiary/aromatic N) is 1. The van der Waals surface area contributed by atoms with Gasteiger partial charge in [0.2, 0.25) is 6.23 Å². The van der Waals surface area contributed by atoms with Crippen LogP contribution in [-0.4, -0.2) is 14.2 Å². The van der Waals surface area contributed by atoms with E-state index < -0.39 is 12.0 Å². The van der Waals surface area contributed by atoms with Gasteiger partial charge in [0.15, 0.2) is 0 Å². The first-order chi connectivity index (χ1) is 7.22. The van der Waals surface area contributed by atoms with Crippen molar-refractivity contribution in [2.45, 2.75) is 6.23 Å². The number of ether oxygens (including phenoxy) is 1. The zero-order chi connectivity index (χ0) is 11.3. The Morgan fingerprint density at radius 1 is 1.47 bits per heavy atom. The van der Waals surface area contributed by atoms with E-state index in [1.54, 1.807) is 0 Å². The number of nitrogens with one attached hydrogen (secondary N) is 1. The van der Waals surface area contributed by atoms with E-state index in [1.165, 1.54) is 32.4 Å². The number of rotatable bonds is 5. The maximum absolute atomic E-state index is 12.9. The van der Waals surface area contributed by atoms with E-state index in [-0.39, 0.29) is 0 Å². The Bertz CT molecular complexity index is 346. The third kappa shape index (κ3) is 2.71. The molecule has 5 nitrogen and oxygen atoms in total. The Balaban J connectivity index is 3.08. The molecular formula is C9H11FN2O3. The van der Waals surface area contributed by atoms with E-state index in [4.69, 9.17) is 4.74 Å². The van der Waals surface area contributed by atoms with Gasteiger partial charge in [0, 0.05) is 12.7 Å². The molecule has 1 atom stereocenters. The lowest BCUT2D eigenvalue weighted by Gasteiger charge is -2.13. The van der Waals surface area contributed by atoms with Crippen molar-refractivity contribution in [3.05, 3.63) is 34.5 Å². The van der Waals surface area contributed by atoms with Gasteiger partial charge >= 0.3 is 0 Å². The minimum Gasteiger partial charge on any atom is -0.353 e. The molecule has 82 valence electrons. The molecule has 0 radical (unpaired) electrons. The number of hydrogen-bond donors (Lipinski definition) is 1. The van der Waals surface area contributed by atoms with E-state index in [9.17, 15) is 9.30 Å². The molecule has 0 aliphatic heterocycles. The summed E-state index contributed by atoms with van der Waals surface area (Å²) in [5, 5.41) is 2.76. The third-order valence-electron chi connectivity index (χ3n) is 1.81. The molecule has 0 heterocycles. The van der Waals surface area contributed by atoms with Crippen LogP contribution < -0.4 is 5.48 Å². The van der Waals surface area contributed by atoms with Crippen molar-refractivity contribution in [1.82, 2.24) is 0 Å². The molecule has 0 aliphatic rings. The summed E-state index contributed by atoms with van der Waals surface area (Å²) < 4.78 is 17.7. The summed E-state index contributed by atoms with van der Waals surface area (Å²) in [6.45, 7) is 0. The number of anilines is 1. The lowest BCUT2D eigenvalue weighted by molar-refractivity contribution is 0.109. The van der Waals surface area contributed by atoms with Crippen molar-refractivity contribution < 1.29 is 14.0 Å². The summed E-state index contributed by atoms with van der Waals surface area (Å²) in [6, 6.07) is 3.82. The third-order valence-corrected chi connectivity index (χ3v) is 1.81. The molecule has 0 spiro atoms. The molecule has 6 heteroatoms. The molecule has 0 aliphatic carbocycles. The zero-order valence-corrected chi connectivity index (χ0v) is 8.36. The first kappa shape index (κ1) is 11.5. The van der Waals surface area contributed by atoms with Crippen LogP contribution in [0.15, 0.2) is 23.4 Å². The fourth-order valence-corrected chi connectivity index (χ4v) is 1.17. The number of nitroso groups, excluding NO2 is 1. The Morgan fingerprint density at radius 3 is 2.73 bits per heavy atom. The monoisotopic (exact) mass is 214 g/mol. The predicted octanol–water partition coefficient (Wildman–Crippen LogP) is 2.21. The van der Waals surface area contributed by atoms with E-state index in [0.29, 0.717) is 11.3 Å². The fourth-order valence-electron chi connectivity index (χ4n) is 1.17. The van der Waals surface area contributed by atoms with Crippen LogP contribution in [0.1, 0.15) is 11.8 Å². The maximum atomic E-state index is 12.9. The number of halogens is 1. The first-order valence-corrected chi connectivity index (χ1v) is 4.16. The molecule has 0 saturated carbocycles. The van der Waals surface area contributed by atoms with Gasteiger partial charge in [-0.15, -0.1) is 4.91 Å². The fraction of sp³-hybridized carbons (Fsp3) is 0.333. The van der Waals surface area contributed by atoms with Crippen LogP contribution >= 0.6 is 0 Å². The van der Waals surface area contributed by atoms with Crippen molar-refractivity contribution in [3.8, 4) is 0 Å². The number of benzene rings is 1. The lowest BCUT2D eigenvalue weighted by Crippen LogP contribution is -2.05. The van der Waals surface area contributed by atoms with Crippen LogP contribution in [0.25, 0.3) is 0 Å². The summed E-state index contributed by atoms with van der Waals surface area (Å²) in [5.74, 6) is -0.445. The van der Waals surface area contributed by atoms with Gasteiger partial charge in [-0.2, -0.15) is 0 Å². The predicted molar refractivity (Wildman–Crippen MR) is 52.6 cm³/mol. The number of hydrogen-bond acceptors (Lipinski definition) is 5. The van der Waals surface area contributed by atoms with Crippen LogP contribution in [0, 0.1) is 10.7 Å². The Labute approximate surface area is 86.1 Å². The van der Waals surface area contributed by atoms with Crippen LogP contribution in [-0.2, 0) is 9.57 Å². The van der Waals surface area contributed by atoms with Crippen molar-refractivity contribution in [2.75, 3.05) is 19.7 Å². The average Bonchev–Trinajstić information content (AvgIpc) is 2.23. The SMILES string of the molecule is CONc1cc(F)ccc1C(N=O)OC. The summed E-state index contributed by atoms with van der Waals surface area (Å²) >= 11 is 0. The minimum atomic E-state index is -0.983. The molecule has 0 aromatic heterocycles. The van der Waals surface area contributed by atoms with Gasteiger partial charge in [0.05, 0.1) is 12.8 Å². The molecule has 15 heavy (non-hydrogen) atoms. The normalized spacial score (nSPS) is 12.2. The van der Waals surface area contributed by atoms with Crippen LogP contribution in [0.3, 0.4) is 0 Å². The quantitative estimate of drug-likeness (QED) is 0.603. The lowest BCUT2D eigenvalue weighted by atomic mass is 10.1. The maximum Gasteiger partial charge on any atom is 0.217 e.